The largest absolute Gasteiger partial charge is 0.454 e. The molecule has 1 aliphatic rings. The Kier molecular flexibility index (Phi) is 4.80. The van der Waals surface area contributed by atoms with Gasteiger partial charge in [-0.25, -0.2) is 0 Å². The van der Waals surface area contributed by atoms with Crippen LogP contribution in [0.4, 0.5) is 0 Å². The van der Waals surface area contributed by atoms with Crippen LogP contribution in [0.25, 0.3) is 10.9 Å². The van der Waals surface area contributed by atoms with Crippen LogP contribution < -0.4 is 0 Å². The zero-order chi connectivity index (χ0) is 20.5. The lowest BCUT2D eigenvalue weighted by Crippen LogP contribution is -2.29. The summed E-state index contributed by atoms with van der Waals surface area (Å²) in [5, 5.41) is 15.8. The van der Waals surface area contributed by atoms with Gasteiger partial charge < -0.3 is 14.4 Å². The van der Waals surface area contributed by atoms with Gasteiger partial charge in [0.2, 0.25) is 0 Å². The zero-order valence-electron chi connectivity index (χ0n) is 16.4. The average Bonchev–Trinajstić information content (AvgIpc) is 3.51. The second-order valence-electron chi connectivity index (χ2n) is 7.71. The van der Waals surface area contributed by atoms with Gasteiger partial charge >= 0.3 is 0 Å². The van der Waals surface area contributed by atoms with Crippen LogP contribution in [0.5, 0.6) is 0 Å². The molecule has 0 aliphatic carbocycles. The molecule has 1 amide bonds. The number of aliphatic hydroxyl groups excluding tert-OH is 1. The molecule has 0 unspecified atom stereocenters. The summed E-state index contributed by atoms with van der Waals surface area (Å²) in [5.74, 6) is 0.698. The Bertz CT molecular complexity index is 1170. The summed E-state index contributed by atoms with van der Waals surface area (Å²) in [6, 6.07) is 17.3. The second kappa shape index (κ2) is 7.76. The molecule has 0 saturated carbocycles. The first-order chi connectivity index (χ1) is 14.7. The molecule has 1 aliphatic heterocycles. The molecule has 1 fully saturated rings. The highest BCUT2D eigenvalue weighted by Gasteiger charge is 2.35. The second-order valence-corrected chi connectivity index (χ2v) is 7.71. The Hall–Kier alpha value is -3.45. The van der Waals surface area contributed by atoms with Crippen LogP contribution in [0.1, 0.15) is 22.0 Å². The number of nitrogens with zero attached hydrogens (tertiary/aromatic N) is 4. The van der Waals surface area contributed by atoms with Crippen molar-refractivity contribution in [3.63, 3.8) is 0 Å². The fourth-order valence-electron chi connectivity index (χ4n) is 4.00. The third-order valence-electron chi connectivity index (χ3n) is 5.57. The summed E-state index contributed by atoms with van der Waals surface area (Å²) in [4.78, 5) is 19.2. The highest BCUT2D eigenvalue weighted by molar-refractivity contribution is 5.91. The number of carbonyl (C=O) groups is 1. The average molecular weight is 402 g/mol. The summed E-state index contributed by atoms with van der Waals surface area (Å²) in [6.07, 6.45) is 3.58. The molecule has 30 heavy (non-hydrogen) atoms. The van der Waals surface area contributed by atoms with Crippen molar-refractivity contribution in [2.45, 2.75) is 19.1 Å². The van der Waals surface area contributed by atoms with Crippen molar-refractivity contribution in [2.24, 2.45) is 5.92 Å². The molecule has 7 heteroatoms. The van der Waals surface area contributed by atoms with Crippen molar-refractivity contribution in [3.8, 4) is 0 Å². The van der Waals surface area contributed by atoms with Gasteiger partial charge in [-0.2, -0.15) is 5.10 Å². The number of para-hydroxylation sites is 1. The quantitative estimate of drug-likeness (QED) is 0.555. The molecule has 4 aromatic rings. The SMILES string of the molecule is O=C(c1ccc(Cn2cccn2)o1)N1C[C@@H](Cc2ccc3ccccc3n2)[C@H](O)C1. The topological polar surface area (TPSA) is 84.4 Å². The molecule has 4 heterocycles. The molecular formula is C23H22N4O3. The first kappa shape index (κ1) is 18.6. The number of furan rings is 1. The van der Waals surface area contributed by atoms with Gasteiger partial charge in [-0.1, -0.05) is 24.3 Å². The van der Waals surface area contributed by atoms with E-state index in [4.69, 9.17) is 9.40 Å². The van der Waals surface area contributed by atoms with Crippen molar-refractivity contribution < 1.29 is 14.3 Å². The molecule has 1 saturated heterocycles. The van der Waals surface area contributed by atoms with Crippen molar-refractivity contribution in [2.75, 3.05) is 13.1 Å². The summed E-state index contributed by atoms with van der Waals surface area (Å²) < 4.78 is 7.46. The van der Waals surface area contributed by atoms with Crippen molar-refractivity contribution in [1.29, 1.82) is 0 Å². The molecule has 5 rings (SSSR count). The molecule has 152 valence electrons. The number of pyridine rings is 1. The smallest absolute Gasteiger partial charge is 0.289 e. The Morgan fingerprint density at radius 3 is 2.87 bits per heavy atom. The number of fused-ring (bicyclic) bond motifs is 1. The van der Waals surface area contributed by atoms with E-state index in [1.165, 1.54) is 0 Å². The number of rotatable bonds is 5. The lowest BCUT2D eigenvalue weighted by Gasteiger charge is -2.14. The molecule has 2 atom stereocenters. The summed E-state index contributed by atoms with van der Waals surface area (Å²) >= 11 is 0. The lowest BCUT2D eigenvalue weighted by atomic mass is 9.99. The Balaban J connectivity index is 1.25. The number of aliphatic hydroxyl groups is 1. The molecule has 0 spiro atoms. The molecule has 0 bridgehead atoms. The maximum Gasteiger partial charge on any atom is 0.289 e. The van der Waals surface area contributed by atoms with E-state index in [0.717, 1.165) is 16.6 Å². The van der Waals surface area contributed by atoms with Gasteiger partial charge in [0, 0.05) is 42.5 Å². The number of aromatic nitrogens is 3. The van der Waals surface area contributed by atoms with E-state index < -0.39 is 6.10 Å². The van der Waals surface area contributed by atoms with Gasteiger partial charge in [0.15, 0.2) is 5.76 Å². The zero-order valence-corrected chi connectivity index (χ0v) is 16.4. The monoisotopic (exact) mass is 402 g/mol. The van der Waals surface area contributed by atoms with Crippen LogP contribution in [0, 0.1) is 5.92 Å². The third-order valence-corrected chi connectivity index (χ3v) is 5.57. The van der Waals surface area contributed by atoms with Crippen LogP contribution in [0.15, 0.2) is 71.4 Å². The van der Waals surface area contributed by atoms with E-state index in [1.807, 2.05) is 48.7 Å². The Morgan fingerprint density at radius 1 is 1.10 bits per heavy atom. The number of hydrogen-bond acceptors (Lipinski definition) is 5. The predicted molar refractivity (Wildman–Crippen MR) is 111 cm³/mol. The van der Waals surface area contributed by atoms with Gasteiger partial charge in [-0.3, -0.25) is 14.5 Å². The van der Waals surface area contributed by atoms with E-state index in [2.05, 4.69) is 5.10 Å². The minimum Gasteiger partial charge on any atom is -0.454 e. The first-order valence-corrected chi connectivity index (χ1v) is 10.0. The number of amides is 1. The van der Waals surface area contributed by atoms with Crippen LogP contribution in [0.2, 0.25) is 0 Å². The van der Waals surface area contributed by atoms with E-state index in [-0.39, 0.29) is 17.6 Å². The fraction of sp³-hybridized carbons (Fsp3) is 0.261. The third kappa shape index (κ3) is 3.71. The summed E-state index contributed by atoms with van der Waals surface area (Å²) in [7, 11) is 0. The standard InChI is InChI=1S/C23H22N4O3/c28-21-15-26(23(29)22-9-8-19(30-22)14-27-11-3-10-24-27)13-17(21)12-18-7-6-16-4-1-2-5-20(16)25-18/h1-11,17,21,28H,12-15H2/t17-,21-/m1/s1. The molecule has 0 radical (unpaired) electrons. The molecule has 3 aromatic heterocycles. The maximum absolute atomic E-state index is 12.9. The van der Waals surface area contributed by atoms with E-state index >= 15 is 0 Å². The van der Waals surface area contributed by atoms with E-state index in [1.54, 1.807) is 27.9 Å². The Morgan fingerprint density at radius 2 is 2.00 bits per heavy atom. The van der Waals surface area contributed by atoms with Crippen LogP contribution in [-0.4, -0.2) is 49.9 Å². The van der Waals surface area contributed by atoms with Gasteiger partial charge in [-0.05, 0) is 36.8 Å². The van der Waals surface area contributed by atoms with Crippen molar-refractivity contribution >= 4 is 16.8 Å². The van der Waals surface area contributed by atoms with Crippen molar-refractivity contribution in [3.05, 3.63) is 84.2 Å². The number of likely N-dealkylation sites (tertiary alicyclic amines) is 1. The molecule has 1 aromatic carbocycles. The number of β-amino-alcohol motifs (C(OH)–C–C–N with tert-alkyl or cyclic N) is 1. The van der Waals surface area contributed by atoms with E-state index in [0.29, 0.717) is 31.8 Å². The lowest BCUT2D eigenvalue weighted by molar-refractivity contribution is 0.0731. The van der Waals surface area contributed by atoms with Crippen LogP contribution in [-0.2, 0) is 13.0 Å². The summed E-state index contributed by atoms with van der Waals surface area (Å²) in [5.41, 5.74) is 1.86. The highest BCUT2D eigenvalue weighted by Crippen LogP contribution is 2.24. The van der Waals surface area contributed by atoms with Crippen molar-refractivity contribution in [1.82, 2.24) is 19.7 Å². The highest BCUT2D eigenvalue weighted by atomic mass is 16.4. The fourth-order valence-corrected chi connectivity index (χ4v) is 4.00. The van der Waals surface area contributed by atoms with E-state index in [9.17, 15) is 9.90 Å². The number of carbonyl (C=O) groups excluding carboxylic acids is 1. The summed E-state index contributed by atoms with van der Waals surface area (Å²) in [6.45, 7) is 1.25. The van der Waals surface area contributed by atoms with Gasteiger partial charge in [0.05, 0.1) is 18.2 Å². The molecule has 1 N–H and O–H groups in total. The predicted octanol–water partition coefficient (Wildman–Crippen LogP) is 2.75. The van der Waals surface area contributed by atoms with Gasteiger partial charge in [0.25, 0.3) is 5.91 Å². The van der Waals surface area contributed by atoms with Gasteiger partial charge in [0.1, 0.15) is 5.76 Å². The number of benzene rings is 1. The van der Waals surface area contributed by atoms with Crippen LogP contribution >= 0.6 is 0 Å². The molecule has 7 nitrogen and oxygen atoms in total. The Labute approximate surface area is 173 Å². The number of hydrogen-bond donors (Lipinski definition) is 1. The molecular weight excluding hydrogens is 380 g/mol. The first-order valence-electron chi connectivity index (χ1n) is 10.0. The van der Waals surface area contributed by atoms with Crippen LogP contribution in [0.3, 0.4) is 0 Å². The minimum absolute atomic E-state index is 0.0545. The normalized spacial score (nSPS) is 18.9. The maximum atomic E-state index is 12.9. The van der Waals surface area contributed by atoms with Gasteiger partial charge in [-0.15, -0.1) is 0 Å². The minimum atomic E-state index is -0.583.